The van der Waals surface area contributed by atoms with Crippen LogP contribution in [0.5, 0.6) is 0 Å². The zero-order valence-corrected chi connectivity index (χ0v) is 11.7. The Morgan fingerprint density at radius 3 is 2.56 bits per heavy atom. The first-order valence-corrected chi connectivity index (χ1v) is 6.41. The number of benzene rings is 1. The van der Waals surface area contributed by atoms with E-state index < -0.39 is 5.97 Å². The molecule has 0 fully saturated rings. The van der Waals surface area contributed by atoms with Crippen molar-refractivity contribution in [2.24, 2.45) is 0 Å². The molecule has 0 aliphatic carbocycles. The number of rotatable bonds is 6. The summed E-state index contributed by atoms with van der Waals surface area (Å²) in [6.45, 7) is 7.20. The molecule has 3 heteroatoms. The average Bonchev–Trinajstić information content (AvgIpc) is 2.31. The zero-order valence-electron chi connectivity index (χ0n) is 11.7. The Morgan fingerprint density at radius 1 is 1.33 bits per heavy atom. The maximum absolute atomic E-state index is 10.5. The van der Waals surface area contributed by atoms with Crippen molar-refractivity contribution < 1.29 is 9.90 Å². The highest BCUT2D eigenvalue weighted by atomic mass is 16.4. The summed E-state index contributed by atoms with van der Waals surface area (Å²) in [5, 5.41) is 8.63. The van der Waals surface area contributed by atoms with Gasteiger partial charge in [0, 0.05) is 12.5 Å². The summed E-state index contributed by atoms with van der Waals surface area (Å²) < 4.78 is 0. The summed E-state index contributed by atoms with van der Waals surface area (Å²) in [5.41, 5.74) is 3.90. The molecule has 1 aromatic rings. The van der Waals surface area contributed by atoms with Gasteiger partial charge in [-0.25, -0.2) is 0 Å². The first-order valence-electron chi connectivity index (χ1n) is 6.41. The van der Waals surface area contributed by atoms with Crippen LogP contribution in [0.1, 0.15) is 42.5 Å². The van der Waals surface area contributed by atoms with E-state index >= 15 is 0 Å². The molecule has 1 atom stereocenters. The SMILES string of the molecule is Cc1ccc(C(C)N(C)CCCC(=O)O)cc1C. The van der Waals surface area contributed by atoms with Crippen LogP contribution in [0, 0.1) is 13.8 Å². The molecule has 1 aromatic carbocycles. The Morgan fingerprint density at radius 2 is 2.00 bits per heavy atom. The summed E-state index contributed by atoms with van der Waals surface area (Å²) in [6.07, 6.45) is 0.936. The number of carboxylic acids is 1. The van der Waals surface area contributed by atoms with Gasteiger partial charge in [0.25, 0.3) is 0 Å². The van der Waals surface area contributed by atoms with E-state index in [0.29, 0.717) is 12.5 Å². The first kappa shape index (κ1) is 14.7. The van der Waals surface area contributed by atoms with E-state index in [9.17, 15) is 4.79 Å². The minimum atomic E-state index is -0.720. The zero-order chi connectivity index (χ0) is 13.7. The molecule has 0 spiro atoms. The molecule has 0 aliphatic heterocycles. The van der Waals surface area contributed by atoms with Crippen molar-refractivity contribution in [2.45, 2.75) is 39.7 Å². The van der Waals surface area contributed by atoms with Gasteiger partial charge in [0.05, 0.1) is 0 Å². The standard InChI is InChI=1S/C15H23NO2/c1-11-7-8-14(10-12(11)2)13(3)16(4)9-5-6-15(17)18/h7-8,10,13H,5-6,9H2,1-4H3,(H,17,18). The van der Waals surface area contributed by atoms with Gasteiger partial charge in [0.15, 0.2) is 0 Å². The fourth-order valence-corrected chi connectivity index (χ4v) is 1.95. The molecule has 3 nitrogen and oxygen atoms in total. The maximum atomic E-state index is 10.5. The van der Waals surface area contributed by atoms with Crippen LogP contribution < -0.4 is 0 Å². The number of aryl methyl sites for hydroxylation is 2. The molecular weight excluding hydrogens is 226 g/mol. The summed E-state index contributed by atoms with van der Waals surface area (Å²) in [7, 11) is 2.04. The second kappa shape index (κ2) is 6.55. The molecule has 18 heavy (non-hydrogen) atoms. The van der Waals surface area contributed by atoms with E-state index in [1.807, 2.05) is 7.05 Å². The summed E-state index contributed by atoms with van der Waals surface area (Å²) >= 11 is 0. The van der Waals surface area contributed by atoms with Gasteiger partial charge in [-0.1, -0.05) is 18.2 Å². The minimum Gasteiger partial charge on any atom is -0.481 e. The highest BCUT2D eigenvalue weighted by Crippen LogP contribution is 2.21. The third-order valence-electron chi connectivity index (χ3n) is 3.58. The van der Waals surface area contributed by atoms with Crippen LogP contribution in [-0.4, -0.2) is 29.6 Å². The lowest BCUT2D eigenvalue weighted by Gasteiger charge is -2.25. The van der Waals surface area contributed by atoms with Gasteiger partial charge in [0.1, 0.15) is 0 Å². The predicted molar refractivity (Wildman–Crippen MR) is 73.8 cm³/mol. The van der Waals surface area contributed by atoms with Crippen molar-refractivity contribution in [1.29, 1.82) is 0 Å². The van der Waals surface area contributed by atoms with Crippen LogP contribution in [-0.2, 0) is 4.79 Å². The molecule has 0 saturated heterocycles. The average molecular weight is 249 g/mol. The molecule has 0 saturated carbocycles. The third kappa shape index (κ3) is 4.15. The lowest BCUT2D eigenvalue weighted by atomic mass is 10.0. The van der Waals surface area contributed by atoms with Crippen molar-refractivity contribution in [2.75, 3.05) is 13.6 Å². The van der Waals surface area contributed by atoms with E-state index in [0.717, 1.165) is 6.54 Å². The number of nitrogens with zero attached hydrogens (tertiary/aromatic N) is 1. The molecule has 0 amide bonds. The van der Waals surface area contributed by atoms with Crippen LogP contribution in [0.25, 0.3) is 0 Å². The highest BCUT2D eigenvalue weighted by molar-refractivity contribution is 5.66. The number of carboxylic acid groups (broad SMARTS) is 1. The highest BCUT2D eigenvalue weighted by Gasteiger charge is 2.12. The van der Waals surface area contributed by atoms with Crippen LogP contribution >= 0.6 is 0 Å². The summed E-state index contributed by atoms with van der Waals surface area (Å²) in [6, 6.07) is 6.83. The molecule has 1 N–H and O–H groups in total. The Balaban J connectivity index is 2.59. The number of aliphatic carboxylic acids is 1. The maximum Gasteiger partial charge on any atom is 0.303 e. The lowest BCUT2D eigenvalue weighted by Crippen LogP contribution is -2.24. The second-order valence-corrected chi connectivity index (χ2v) is 5.00. The van der Waals surface area contributed by atoms with E-state index in [-0.39, 0.29) is 6.42 Å². The fourth-order valence-electron chi connectivity index (χ4n) is 1.95. The van der Waals surface area contributed by atoms with Crippen molar-refractivity contribution >= 4 is 5.97 Å². The smallest absolute Gasteiger partial charge is 0.303 e. The van der Waals surface area contributed by atoms with Crippen molar-refractivity contribution in [3.63, 3.8) is 0 Å². The van der Waals surface area contributed by atoms with Gasteiger partial charge in [0.2, 0.25) is 0 Å². The third-order valence-corrected chi connectivity index (χ3v) is 3.58. The van der Waals surface area contributed by atoms with Crippen LogP contribution in [0.2, 0.25) is 0 Å². The van der Waals surface area contributed by atoms with Gasteiger partial charge in [-0.2, -0.15) is 0 Å². The van der Waals surface area contributed by atoms with Gasteiger partial charge < -0.3 is 5.11 Å². The second-order valence-electron chi connectivity index (χ2n) is 5.00. The lowest BCUT2D eigenvalue weighted by molar-refractivity contribution is -0.137. The normalized spacial score (nSPS) is 12.7. The Labute approximate surface area is 109 Å². The van der Waals surface area contributed by atoms with Crippen LogP contribution in [0.15, 0.2) is 18.2 Å². The molecule has 0 bridgehead atoms. The molecule has 0 heterocycles. The molecular formula is C15H23NO2. The Bertz CT molecular complexity index is 415. The van der Waals surface area contributed by atoms with E-state index in [4.69, 9.17) is 5.11 Å². The quantitative estimate of drug-likeness (QED) is 0.842. The molecule has 0 aliphatic rings. The van der Waals surface area contributed by atoms with Gasteiger partial charge >= 0.3 is 5.97 Å². The Kier molecular flexibility index (Phi) is 5.35. The van der Waals surface area contributed by atoms with Crippen molar-refractivity contribution in [1.82, 2.24) is 4.90 Å². The van der Waals surface area contributed by atoms with Crippen LogP contribution in [0.3, 0.4) is 0 Å². The molecule has 0 radical (unpaired) electrons. The topological polar surface area (TPSA) is 40.5 Å². The number of carbonyl (C=O) groups is 1. The number of hydrogen-bond acceptors (Lipinski definition) is 2. The van der Waals surface area contributed by atoms with Gasteiger partial charge in [-0.05, 0) is 57.5 Å². The molecule has 0 aromatic heterocycles. The summed E-state index contributed by atoms with van der Waals surface area (Å²) in [5.74, 6) is -0.720. The Hall–Kier alpha value is -1.35. The number of hydrogen-bond donors (Lipinski definition) is 1. The largest absolute Gasteiger partial charge is 0.481 e. The minimum absolute atomic E-state index is 0.240. The molecule has 1 unspecified atom stereocenters. The first-order chi connectivity index (χ1) is 8.41. The summed E-state index contributed by atoms with van der Waals surface area (Å²) in [4.78, 5) is 12.7. The van der Waals surface area contributed by atoms with Gasteiger partial charge in [-0.3, -0.25) is 9.69 Å². The molecule has 1 rings (SSSR count). The van der Waals surface area contributed by atoms with Crippen molar-refractivity contribution in [3.8, 4) is 0 Å². The monoisotopic (exact) mass is 249 g/mol. The van der Waals surface area contributed by atoms with Gasteiger partial charge in [-0.15, -0.1) is 0 Å². The van der Waals surface area contributed by atoms with E-state index in [1.54, 1.807) is 0 Å². The fraction of sp³-hybridized carbons (Fsp3) is 0.533. The van der Waals surface area contributed by atoms with Crippen molar-refractivity contribution in [3.05, 3.63) is 34.9 Å². The molecule has 100 valence electrons. The predicted octanol–water partition coefficient (Wildman–Crippen LogP) is 3.16. The van der Waals surface area contributed by atoms with Crippen LogP contribution in [0.4, 0.5) is 0 Å². The van der Waals surface area contributed by atoms with E-state index in [1.165, 1.54) is 16.7 Å². The van der Waals surface area contributed by atoms with E-state index in [2.05, 4.69) is 43.9 Å².